The summed E-state index contributed by atoms with van der Waals surface area (Å²) < 4.78 is 21.3. The molecule has 1 N–H and O–H groups in total. The predicted octanol–water partition coefficient (Wildman–Crippen LogP) is 4.18. The fourth-order valence-electron chi connectivity index (χ4n) is 2.85. The summed E-state index contributed by atoms with van der Waals surface area (Å²) in [5.74, 6) is 0.190. The van der Waals surface area contributed by atoms with E-state index in [0.29, 0.717) is 40.2 Å². The number of aliphatic carboxylic acids is 1. The Kier molecular flexibility index (Phi) is 7.19. The molecule has 2 rings (SSSR count). The number of hydrogen-bond acceptors (Lipinski definition) is 5. The highest BCUT2D eigenvalue weighted by Gasteiger charge is 2.23. The summed E-state index contributed by atoms with van der Waals surface area (Å²) in [7, 11) is 4.54. The van der Waals surface area contributed by atoms with Crippen molar-refractivity contribution in [2.24, 2.45) is 0 Å². The van der Waals surface area contributed by atoms with Crippen LogP contribution in [0.5, 0.6) is 23.0 Å². The molecule has 0 spiro atoms. The fraction of sp³-hybridized carbons (Fsp3) is 0.350. The van der Waals surface area contributed by atoms with Crippen molar-refractivity contribution in [2.45, 2.75) is 19.3 Å². The molecule has 1 unspecified atom stereocenters. The summed E-state index contributed by atoms with van der Waals surface area (Å²) in [6, 6.07) is 8.53. The summed E-state index contributed by atoms with van der Waals surface area (Å²) in [4.78, 5) is 11.9. The van der Waals surface area contributed by atoms with E-state index >= 15 is 0 Å². The molecule has 27 heavy (non-hydrogen) atoms. The summed E-state index contributed by atoms with van der Waals surface area (Å²) in [6.07, 6.45) is 0.231. The molecular weight excluding hydrogens is 372 g/mol. The van der Waals surface area contributed by atoms with Crippen LogP contribution in [-0.4, -0.2) is 39.0 Å². The zero-order valence-corrected chi connectivity index (χ0v) is 16.5. The third-order valence-electron chi connectivity index (χ3n) is 4.12. The van der Waals surface area contributed by atoms with Crippen LogP contribution in [0.25, 0.3) is 0 Å². The van der Waals surface area contributed by atoms with Crippen molar-refractivity contribution < 1.29 is 28.8 Å². The second kappa shape index (κ2) is 9.37. The van der Waals surface area contributed by atoms with E-state index in [1.807, 2.05) is 6.92 Å². The Labute approximate surface area is 163 Å². The molecular formula is C20H23ClO6. The molecule has 2 aromatic rings. The minimum absolute atomic E-state index is 0.231. The lowest BCUT2D eigenvalue weighted by Crippen LogP contribution is -2.15. The highest BCUT2D eigenvalue weighted by atomic mass is 35.5. The van der Waals surface area contributed by atoms with E-state index in [-0.39, 0.29) is 6.42 Å². The van der Waals surface area contributed by atoms with Gasteiger partial charge in [-0.05, 0) is 48.7 Å². The minimum Gasteiger partial charge on any atom is -0.493 e. The second-order valence-corrected chi connectivity index (χ2v) is 6.16. The average Bonchev–Trinajstić information content (AvgIpc) is 2.65. The average molecular weight is 395 g/mol. The summed E-state index contributed by atoms with van der Waals surface area (Å²) in [5, 5.41) is 10.1. The van der Waals surface area contributed by atoms with Crippen LogP contribution in [0.4, 0.5) is 0 Å². The van der Waals surface area contributed by atoms with Crippen molar-refractivity contribution in [1.82, 2.24) is 0 Å². The van der Waals surface area contributed by atoms with Crippen LogP contribution in [0.2, 0.25) is 5.02 Å². The van der Waals surface area contributed by atoms with E-state index in [0.717, 1.165) is 5.56 Å². The van der Waals surface area contributed by atoms with Crippen molar-refractivity contribution in [2.75, 3.05) is 27.9 Å². The second-order valence-electron chi connectivity index (χ2n) is 5.75. The van der Waals surface area contributed by atoms with Gasteiger partial charge in [0.05, 0.1) is 38.9 Å². The number of methoxy groups -OCH3 is 3. The van der Waals surface area contributed by atoms with Gasteiger partial charge in [-0.1, -0.05) is 17.7 Å². The van der Waals surface area contributed by atoms with Crippen molar-refractivity contribution >= 4 is 17.6 Å². The minimum atomic E-state index is -0.952. The first-order valence-electron chi connectivity index (χ1n) is 8.39. The fourth-order valence-corrected chi connectivity index (χ4v) is 3.16. The molecule has 2 aromatic carbocycles. The number of ether oxygens (including phenoxy) is 4. The van der Waals surface area contributed by atoms with Crippen LogP contribution in [0.15, 0.2) is 30.3 Å². The number of hydrogen-bond donors (Lipinski definition) is 1. The van der Waals surface area contributed by atoms with Gasteiger partial charge in [0, 0.05) is 0 Å². The zero-order valence-electron chi connectivity index (χ0n) is 15.7. The Morgan fingerprint density at radius 1 is 1.04 bits per heavy atom. The lowest BCUT2D eigenvalue weighted by atomic mass is 9.91. The third kappa shape index (κ3) is 4.77. The molecule has 6 nitrogen and oxygen atoms in total. The first-order chi connectivity index (χ1) is 12.9. The van der Waals surface area contributed by atoms with Crippen molar-refractivity contribution in [3.05, 3.63) is 46.5 Å². The Balaban J connectivity index is 2.41. The Hall–Kier alpha value is -2.60. The first kappa shape index (κ1) is 20.7. The molecule has 0 aliphatic carbocycles. The predicted molar refractivity (Wildman–Crippen MR) is 103 cm³/mol. The highest BCUT2D eigenvalue weighted by molar-refractivity contribution is 6.32. The normalized spacial score (nSPS) is 11.6. The van der Waals surface area contributed by atoms with E-state index in [2.05, 4.69) is 0 Å². The van der Waals surface area contributed by atoms with Crippen molar-refractivity contribution in [1.29, 1.82) is 0 Å². The number of carboxylic acid groups (broad SMARTS) is 1. The molecule has 0 aliphatic heterocycles. The molecule has 0 amide bonds. The zero-order chi connectivity index (χ0) is 20.0. The van der Waals surface area contributed by atoms with Gasteiger partial charge in [-0.3, -0.25) is 4.79 Å². The maximum Gasteiger partial charge on any atom is 0.311 e. The maximum atomic E-state index is 11.9. The molecule has 0 aromatic heterocycles. The topological polar surface area (TPSA) is 74.2 Å². The van der Waals surface area contributed by atoms with Crippen molar-refractivity contribution in [3.8, 4) is 23.0 Å². The van der Waals surface area contributed by atoms with Crippen LogP contribution in [-0.2, 0) is 11.2 Å². The smallest absolute Gasteiger partial charge is 0.311 e. The number of carbonyl (C=O) groups is 1. The molecule has 0 saturated heterocycles. The number of carboxylic acids is 1. The van der Waals surface area contributed by atoms with Crippen LogP contribution in [0, 0.1) is 0 Å². The van der Waals surface area contributed by atoms with Crippen LogP contribution < -0.4 is 18.9 Å². The lowest BCUT2D eigenvalue weighted by molar-refractivity contribution is -0.138. The van der Waals surface area contributed by atoms with Crippen LogP contribution >= 0.6 is 11.6 Å². The number of halogens is 1. The lowest BCUT2D eigenvalue weighted by Gasteiger charge is -2.17. The van der Waals surface area contributed by atoms with Gasteiger partial charge in [-0.15, -0.1) is 0 Å². The molecule has 0 saturated carbocycles. The SMILES string of the molecule is CCOc1cc(CC(C(=O)O)c2ccc(OC)c(OC)c2)cc(Cl)c1OC. The van der Waals surface area contributed by atoms with Gasteiger partial charge in [-0.25, -0.2) is 0 Å². The monoisotopic (exact) mass is 394 g/mol. The van der Waals surface area contributed by atoms with E-state index in [9.17, 15) is 9.90 Å². The van der Waals surface area contributed by atoms with Gasteiger partial charge in [0.1, 0.15) is 0 Å². The standard InChI is InChI=1S/C20H23ClO6/c1-5-27-18-10-12(9-15(21)19(18)26-4)8-14(20(22)23)13-6-7-16(24-2)17(11-13)25-3/h6-7,9-11,14H,5,8H2,1-4H3,(H,22,23). The number of benzene rings is 2. The summed E-state index contributed by atoms with van der Waals surface area (Å²) >= 11 is 6.28. The molecule has 146 valence electrons. The quantitative estimate of drug-likeness (QED) is 0.687. The van der Waals surface area contributed by atoms with Crippen molar-refractivity contribution in [3.63, 3.8) is 0 Å². The summed E-state index contributed by atoms with van der Waals surface area (Å²) in [5.41, 5.74) is 1.33. The van der Waals surface area contributed by atoms with Gasteiger partial charge in [0.25, 0.3) is 0 Å². The van der Waals surface area contributed by atoms with E-state index in [1.54, 1.807) is 30.3 Å². The molecule has 1 atom stereocenters. The third-order valence-corrected chi connectivity index (χ3v) is 4.40. The van der Waals surface area contributed by atoms with Gasteiger partial charge < -0.3 is 24.1 Å². The largest absolute Gasteiger partial charge is 0.493 e. The highest BCUT2D eigenvalue weighted by Crippen LogP contribution is 2.38. The molecule has 7 heteroatoms. The Morgan fingerprint density at radius 2 is 1.74 bits per heavy atom. The first-order valence-corrected chi connectivity index (χ1v) is 8.76. The Morgan fingerprint density at radius 3 is 2.30 bits per heavy atom. The van der Waals surface area contributed by atoms with Gasteiger partial charge in [-0.2, -0.15) is 0 Å². The van der Waals surface area contributed by atoms with Gasteiger partial charge in [0.15, 0.2) is 23.0 Å². The van der Waals surface area contributed by atoms with E-state index in [1.165, 1.54) is 21.3 Å². The van der Waals surface area contributed by atoms with Gasteiger partial charge in [0.2, 0.25) is 0 Å². The maximum absolute atomic E-state index is 11.9. The van der Waals surface area contributed by atoms with Gasteiger partial charge >= 0.3 is 5.97 Å². The summed E-state index contributed by atoms with van der Waals surface area (Å²) in [6.45, 7) is 2.29. The Bertz CT molecular complexity index is 805. The van der Waals surface area contributed by atoms with E-state index < -0.39 is 11.9 Å². The molecule has 0 aliphatic rings. The molecule has 0 fully saturated rings. The molecule has 0 bridgehead atoms. The molecule has 0 heterocycles. The number of rotatable bonds is 9. The molecule has 0 radical (unpaired) electrons. The van der Waals surface area contributed by atoms with E-state index in [4.69, 9.17) is 30.5 Å². The van der Waals surface area contributed by atoms with Crippen LogP contribution in [0.1, 0.15) is 24.0 Å². The van der Waals surface area contributed by atoms with Crippen LogP contribution in [0.3, 0.4) is 0 Å².